The van der Waals surface area contributed by atoms with Crippen LogP contribution >= 0.6 is 0 Å². The highest BCUT2D eigenvalue weighted by Crippen LogP contribution is 2.21. The van der Waals surface area contributed by atoms with Gasteiger partial charge in [-0.25, -0.2) is 8.78 Å². The van der Waals surface area contributed by atoms with E-state index in [1.807, 2.05) is 0 Å². The zero-order valence-corrected chi connectivity index (χ0v) is 10.6. The molecule has 0 bridgehead atoms. The highest BCUT2D eigenvalue weighted by atomic mass is 19.1. The molecule has 5 heteroatoms. The van der Waals surface area contributed by atoms with Crippen LogP contribution in [0.1, 0.15) is 20.3 Å². The molecule has 1 N–H and O–H groups in total. The maximum atomic E-state index is 13.4. The van der Waals surface area contributed by atoms with Crippen LogP contribution in [0.3, 0.4) is 0 Å². The molecule has 2 unspecified atom stereocenters. The molecule has 0 spiro atoms. The molecular weight excluding hydrogens is 238 g/mol. The number of hydrogen-bond acceptors (Lipinski definition) is 3. The average Bonchev–Trinajstić information content (AvgIpc) is 2.32. The van der Waals surface area contributed by atoms with Crippen molar-refractivity contribution in [3.05, 3.63) is 29.8 Å². The first-order valence-electron chi connectivity index (χ1n) is 5.62. The van der Waals surface area contributed by atoms with E-state index in [1.165, 1.54) is 6.07 Å². The summed E-state index contributed by atoms with van der Waals surface area (Å²) in [5, 5.41) is 11.9. The Balaban J connectivity index is 2.71. The smallest absolute Gasteiger partial charge is 0.167 e. The number of nitrogens with zero attached hydrogens (tertiary/aromatic N) is 1. The lowest BCUT2D eigenvalue weighted by atomic mass is 9.97. The van der Waals surface area contributed by atoms with Gasteiger partial charge in [-0.3, -0.25) is 0 Å². The molecule has 0 saturated heterocycles. The van der Waals surface area contributed by atoms with E-state index in [0.717, 1.165) is 12.1 Å². The molecule has 2 atom stereocenters. The van der Waals surface area contributed by atoms with Crippen molar-refractivity contribution in [2.45, 2.75) is 31.9 Å². The van der Waals surface area contributed by atoms with E-state index in [0.29, 0.717) is 6.42 Å². The molecule has 98 valence electrons. The molecule has 0 aromatic heterocycles. The summed E-state index contributed by atoms with van der Waals surface area (Å²) in [6.45, 7) is 3.46. The van der Waals surface area contributed by atoms with Crippen LogP contribution in [0.2, 0.25) is 0 Å². The molecule has 18 heavy (non-hydrogen) atoms. The average molecular weight is 254 g/mol. The highest BCUT2D eigenvalue weighted by molar-refractivity contribution is 5.25. The Bertz CT molecular complexity index is 459. The van der Waals surface area contributed by atoms with Gasteiger partial charge in [-0.2, -0.15) is 5.26 Å². The molecule has 0 saturated carbocycles. The Labute approximate surface area is 105 Å². The summed E-state index contributed by atoms with van der Waals surface area (Å²) in [5.74, 6) is -1.41. The molecule has 1 rings (SSSR count). The van der Waals surface area contributed by atoms with Gasteiger partial charge in [0.25, 0.3) is 0 Å². The van der Waals surface area contributed by atoms with Crippen molar-refractivity contribution in [3.8, 4) is 11.8 Å². The number of benzene rings is 1. The third-order valence-electron chi connectivity index (χ3n) is 2.72. The van der Waals surface area contributed by atoms with Gasteiger partial charge < -0.3 is 10.1 Å². The maximum absolute atomic E-state index is 13.4. The van der Waals surface area contributed by atoms with Gasteiger partial charge in [0.2, 0.25) is 0 Å². The monoisotopic (exact) mass is 254 g/mol. The van der Waals surface area contributed by atoms with Gasteiger partial charge in [-0.15, -0.1) is 0 Å². The standard InChI is InChI=1S/C13H16F2N2O/c1-9(7-13(2,8-16)17-3)18-12-5-4-10(14)6-11(12)15/h4-6,9,17H,7H2,1-3H3. The Morgan fingerprint density at radius 2 is 2.17 bits per heavy atom. The van der Waals surface area contributed by atoms with E-state index in [-0.39, 0.29) is 11.9 Å². The first-order valence-corrected chi connectivity index (χ1v) is 5.62. The van der Waals surface area contributed by atoms with E-state index < -0.39 is 17.2 Å². The lowest BCUT2D eigenvalue weighted by Gasteiger charge is -2.25. The molecule has 0 fully saturated rings. The van der Waals surface area contributed by atoms with Gasteiger partial charge in [-0.05, 0) is 33.0 Å². The van der Waals surface area contributed by atoms with Gasteiger partial charge in [-0.1, -0.05) is 0 Å². The minimum Gasteiger partial charge on any atom is -0.488 e. The van der Waals surface area contributed by atoms with Crippen LogP contribution in [0.15, 0.2) is 18.2 Å². The zero-order valence-electron chi connectivity index (χ0n) is 10.6. The van der Waals surface area contributed by atoms with Crippen LogP contribution in [0.5, 0.6) is 5.75 Å². The number of nitrogens with one attached hydrogen (secondary N) is 1. The summed E-state index contributed by atoms with van der Waals surface area (Å²) in [7, 11) is 1.68. The number of hydrogen-bond donors (Lipinski definition) is 1. The van der Waals surface area contributed by atoms with Crippen molar-refractivity contribution in [2.75, 3.05) is 7.05 Å². The third kappa shape index (κ3) is 3.67. The Kier molecular flexibility index (Phi) is 4.62. The van der Waals surface area contributed by atoms with Gasteiger partial charge in [0.05, 0.1) is 12.2 Å². The fourth-order valence-electron chi connectivity index (χ4n) is 1.61. The summed E-state index contributed by atoms with van der Waals surface area (Å²) in [6.07, 6.45) is 0.0126. The molecule has 0 aliphatic carbocycles. The lowest BCUT2D eigenvalue weighted by Crippen LogP contribution is -2.41. The minimum atomic E-state index is -0.745. The van der Waals surface area contributed by atoms with Crippen LogP contribution in [0.4, 0.5) is 8.78 Å². The van der Waals surface area contributed by atoms with E-state index in [9.17, 15) is 8.78 Å². The van der Waals surface area contributed by atoms with Gasteiger partial charge in [0.1, 0.15) is 11.4 Å². The van der Waals surface area contributed by atoms with Crippen LogP contribution in [-0.2, 0) is 0 Å². The molecule has 0 aliphatic rings. The number of nitriles is 1. The molecule has 0 aliphatic heterocycles. The van der Waals surface area contributed by atoms with E-state index in [4.69, 9.17) is 10.00 Å². The predicted molar refractivity (Wildman–Crippen MR) is 64.1 cm³/mol. The van der Waals surface area contributed by atoms with Crippen molar-refractivity contribution in [1.82, 2.24) is 5.32 Å². The van der Waals surface area contributed by atoms with E-state index in [2.05, 4.69) is 11.4 Å². The quantitative estimate of drug-likeness (QED) is 0.878. The van der Waals surface area contributed by atoms with Crippen molar-refractivity contribution < 1.29 is 13.5 Å². The predicted octanol–water partition coefficient (Wildman–Crippen LogP) is 2.62. The first-order chi connectivity index (χ1) is 8.40. The zero-order chi connectivity index (χ0) is 13.8. The Hall–Kier alpha value is -1.67. The lowest BCUT2D eigenvalue weighted by molar-refractivity contribution is 0.175. The highest BCUT2D eigenvalue weighted by Gasteiger charge is 2.25. The molecule has 0 heterocycles. The number of halogens is 2. The molecular formula is C13H16F2N2O. The van der Waals surface area contributed by atoms with Gasteiger partial charge in [0.15, 0.2) is 11.6 Å². The second-order valence-electron chi connectivity index (χ2n) is 4.40. The van der Waals surface area contributed by atoms with Crippen molar-refractivity contribution in [2.24, 2.45) is 0 Å². The second kappa shape index (κ2) is 5.78. The van der Waals surface area contributed by atoms with Crippen molar-refractivity contribution >= 4 is 0 Å². The van der Waals surface area contributed by atoms with E-state index in [1.54, 1.807) is 20.9 Å². The second-order valence-corrected chi connectivity index (χ2v) is 4.40. The SMILES string of the molecule is CNC(C)(C#N)CC(C)Oc1ccc(F)cc1F. The summed E-state index contributed by atoms with van der Waals surface area (Å²) in [6, 6.07) is 5.26. The number of ether oxygens (including phenoxy) is 1. The summed E-state index contributed by atoms with van der Waals surface area (Å²) in [5.41, 5.74) is -0.740. The summed E-state index contributed by atoms with van der Waals surface area (Å²) < 4.78 is 31.4. The Morgan fingerprint density at radius 1 is 1.50 bits per heavy atom. The summed E-state index contributed by atoms with van der Waals surface area (Å²) >= 11 is 0. The van der Waals surface area contributed by atoms with E-state index >= 15 is 0 Å². The van der Waals surface area contributed by atoms with Crippen LogP contribution in [0.25, 0.3) is 0 Å². The first kappa shape index (κ1) is 14.4. The molecule has 0 amide bonds. The Morgan fingerprint density at radius 3 is 2.67 bits per heavy atom. The number of rotatable bonds is 5. The van der Waals surface area contributed by atoms with Gasteiger partial charge in [0, 0.05) is 12.5 Å². The molecule has 0 radical (unpaired) electrons. The minimum absolute atomic E-state index is 0.0136. The fourth-order valence-corrected chi connectivity index (χ4v) is 1.61. The molecule has 1 aromatic rings. The van der Waals surface area contributed by atoms with Crippen LogP contribution in [0, 0.1) is 23.0 Å². The fraction of sp³-hybridized carbons (Fsp3) is 0.462. The van der Waals surface area contributed by atoms with Crippen LogP contribution < -0.4 is 10.1 Å². The topological polar surface area (TPSA) is 45.0 Å². The van der Waals surface area contributed by atoms with Crippen LogP contribution in [-0.4, -0.2) is 18.7 Å². The summed E-state index contributed by atoms with van der Waals surface area (Å²) in [4.78, 5) is 0. The molecule has 1 aromatic carbocycles. The third-order valence-corrected chi connectivity index (χ3v) is 2.72. The van der Waals surface area contributed by atoms with Crippen molar-refractivity contribution in [1.29, 1.82) is 5.26 Å². The maximum Gasteiger partial charge on any atom is 0.167 e. The van der Waals surface area contributed by atoms with Gasteiger partial charge >= 0.3 is 0 Å². The van der Waals surface area contributed by atoms with Crippen molar-refractivity contribution in [3.63, 3.8) is 0 Å². The largest absolute Gasteiger partial charge is 0.488 e. The normalized spacial score (nSPS) is 15.6. The molecule has 3 nitrogen and oxygen atoms in total.